The Balaban J connectivity index is 1.76. The maximum atomic E-state index is 9.28. The minimum absolute atomic E-state index is 0.0419. The molecule has 0 aliphatic carbocycles. The highest BCUT2D eigenvalue weighted by Gasteiger charge is 2.15. The number of aliphatic hydroxyl groups is 2. The first kappa shape index (κ1) is 19.7. The van der Waals surface area contributed by atoms with Crippen molar-refractivity contribution < 1.29 is 10.2 Å². The maximum Gasteiger partial charge on any atom is 0.104 e. The molecule has 0 atom stereocenters. The Labute approximate surface area is 176 Å². The van der Waals surface area contributed by atoms with Crippen molar-refractivity contribution in [3.63, 3.8) is 0 Å². The third-order valence-corrected chi connectivity index (χ3v) is 4.91. The molecule has 4 aromatic rings. The van der Waals surface area contributed by atoms with Crippen LogP contribution in [0.2, 0.25) is 0 Å². The summed E-state index contributed by atoms with van der Waals surface area (Å²) < 4.78 is 2.14. The highest BCUT2D eigenvalue weighted by Crippen LogP contribution is 2.32. The average molecular weight is 394 g/mol. The number of rotatable bonds is 5. The summed E-state index contributed by atoms with van der Waals surface area (Å²) in [6.45, 7) is 0.564. The van der Waals surface area contributed by atoms with E-state index in [1.165, 1.54) is 0 Å². The number of hydrogen-bond donors (Lipinski definition) is 2. The van der Waals surface area contributed by atoms with E-state index in [1.807, 2.05) is 73.1 Å². The van der Waals surface area contributed by atoms with Gasteiger partial charge in [0.05, 0.1) is 24.3 Å². The Kier molecular flexibility index (Phi) is 6.05. The van der Waals surface area contributed by atoms with Crippen molar-refractivity contribution in [1.29, 1.82) is 0 Å². The Morgan fingerprint density at radius 2 is 1.47 bits per heavy atom. The number of aliphatic hydroxyl groups excluding tert-OH is 2. The summed E-state index contributed by atoms with van der Waals surface area (Å²) in [5, 5.41) is 18.2. The molecule has 0 spiro atoms. The normalized spacial score (nSPS) is 10.5. The molecule has 0 amide bonds. The first-order valence-electron chi connectivity index (χ1n) is 9.78. The molecule has 0 saturated carbocycles. The van der Waals surface area contributed by atoms with E-state index in [4.69, 9.17) is 10.1 Å². The van der Waals surface area contributed by atoms with Crippen molar-refractivity contribution in [2.45, 2.75) is 13.2 Å². The molecule has 4 rings (SSSR count). The van der Waals surface area contributed by atoms with Crippen LogP contribution < -0.4 is 0 Å². The number of benzene rings is 3. The van der Waals surface area contributed by atoms with Crippen molar-refractivity contribution in [2.24, 2.45) is 0 Å². The Morgan fingerprint density at radius 1 is 0.767 bits per heavy atom. The molecule has 2 N–H and O–H groups in total. The fraction of sp³-hybridized carbons (Fsp3) is 0.115. The standard InChI is InChI=1S/C26H22N2O2/c29-16-4-5-20-12-14-24(15-13-20)26-25(23-6-2-1-3-7-23)27-19-28(26)17-21-8-10-22(18-30)11-9-21/h1-3,6-15,19,29-30H,16-18H2. The molecule has 0 bridgehead atoms. The lowest BCUT2D eigenvalue weighted by Crippen LogP contribution is -2.01. The predicted octanol–water partition coefficient (Wildman–Crippen LogP) is 4.10. The summed E-state index contributed by atoms with van der Waals surface area (Å²) >= 11 is 0. The molecular weight excluding hydrogens is 372 g/mol. The molecule has 148 valence electrons. The molecule has 3 aromatic carbocycles. The summed E-state index contributed by atoms with van der Waals surface area (Å²) in [6.07, 6.45) is 1.87. The summed E-state index contributed by atoms with van der Waals surface area (Å²) in [5.74, 6) is 5.62. The van der Waals surface area contributed by atoms with E-state index in [9.17, 15) is 5.11 Å². The second-order valence-electron chi connectivity index (χ2n) is 6.95. The third-order valence-electron chi connectivity index (χ3n) is 4.91. The van der Waals surface area contributed by atoms with Crippen LogP contribution in [-0.2, 0) is 13.2 Å². The van der Waals surface area contributed by atoms with Crippen molar-refractivity contribution in [3.8, 4) is 34.4 Å². The van der Waals surface area contributed by atoms with Crippen LogP contribution in [0.1, 0.15) is 16.7 Å². The lowest BCUT2D eigenvalue weighted by atomic mass is 10.0. The van der Waals surface area contributed by atoms with Crippen molar-refractivity contribution >= 4 is 0 Å². The molecule has 4 heteroatoms. The van der Waals surface area contributed by atoms with E-state index in [-0.39, 0.29) is 13.2 Å². The third kappa shape index (κ3) is 4.33. The molecule has 4 nitrogen and oxygen atoms in total. The van der Waals surface area contributed by atoms with Gasteiger partial charge in [0.15, 0.2) is 0 Å². The largest absolute Gasteiger partial charge is 0.392 e. The maximum absolute atomic E-state index is 9.28. The smallest absolute Gasteiger partial charge is 0.104 e. The van der Waals surface area contributed by atoms with Crippen LogP contribution in [0, 0.1) is 11.8 Å². The highest BCUT2D eigenvalue weighted by molar-refractivity contribution is 5.79. The summed E-state index contributed by atoms with van der Waals surface area (Å²) in [7, 11) is 0. The van der Waals surface area contributed by atoms with Gasteiger partial charge in [0.1, 0.15) is 6.61 Å². The van der Waals surface area contributed by atoms with Gasteiger partial charge in [-0.15, -0.1) is 0 Å². The van der Waals surface area contributed by atoms with Gasteiger partial charge in [0.25, 0.3) is 0 Å². The van der Waals surface area contributed by atoms with Crippen LogP contribution in [0.4, 0.5) is 0 Å². The van der Waals surface area contributed by atoms with Crippen LogP contribution >= 0.6 is 0 Å². The minimum atomic E-state index is -0.151. The van der Waals surface area contributed by atoms with E-state index in [0.717, 1.165) is 39.2 Å². The van der Waals surface area contributed by atoms with Crippen molar-refractivity contribution in [2.75, 3.05) is 6.61 Å². The lowest BCUT2D eigenvalue weighted by Gasteiger charge is -2.12. The van der Waals surface area contributed by atoms with Gasteiger partial charge in [-0.25, -0.2) is 4.98 Å². The van der Waals surface area contributed by atoms with Crippen molar-refractivity contribution in [3.05, 3.63) is 102 Å². The highest BCUT2D eigenvalue weighted by atomic mass is 16.3. The molecule has 1 heterocycles. The fourth-order valence-electron chi connectivity index (χ4n) is 3.41. The van der Waals surface area contributed by atoms with Gasteiger partial charge in [-0.05, 0) is 23.3 Å². The zero-order valence-corrected chi connectivity index (χ0v) is 16.5. The Hall–Kier alpha value is -3.65. The van der Waals surface area contributed by atoms with Crippen LogP contribution in [0.15, 0.2) is 85.2 Å². The molecule has 30 heavy (non-hydrogen) atoms. The number of imidazole rings is 1. The molecule has 0 radical (unpaired) electrons. The number of nitrogens with zero attached hydrogens (tertiary/aromatic N) is 2. The summed E-state index contributed by atoms with van der Waals surface area (Å²) in [5.41, 5.74) is 6.97. The number of hydrogen-bond acceptors (Lipinski definition) is 3. The van der Waals surface area contributed by atoms with Gasteiger partial charge in [0.2, 0.25) is 0 Å². The zero-order valence-electron chi connectivity index (χ0n) is 16.5. The van der Waals surface area contributed by atoms with Gasteiger partial charge >= 0.3 is 0 Å². The fourth-order valence-corrected chi connectivity index (χ4v) is 3.41. The molecule has 0 aliphatic rings. The van der Waals surface area contributed by atoms with Crippen LogP contribution in [0.3, 0.4) is 0 Å². The summed E-state index contributed by atoms with van der Waals surface area (Å²) in [4.78, 5) is 4.73. The molecule has 1 aromatic heterocycles. The lowest BCUT2D eigenvalue weighted by molar-refractivity contribution is 0.282. The second kappa shape index (κ2) is 9.23. The van der Waals surface area contributed by atoms with E-state index < -0.39 is 0 Å². The van der Waals surface area contributed by atoms with E-state index >= 15 is 0 Å². The van der Waals surface area contributed by atoms with E-state index in [2.05, 4.69) is 28.5 Å². The van der Waals surface area contributed by atoms with Gasteiger partial charge in [-0.3, -0.25) is 0 Å². The average Bonchev–Trinajstić information content (AvgIpc) is 3.22. The molecule has 0 unspecified atom stereocenters. The first-order chi connectivity index (χ1) is 14.8. The molecule has 0 aliphatic heterocycles. The van der Waals surface area contributed by atoms with Crippen LogP contribution in [0.25, 0.3) is 22.5 Å². The van der Waals surface area contributed by atoms with E-state index in [0.29, 0.717) is 6.54 Å². The van der Waals surface area contributed by atoms with Crippen LogP contribution in [-0.4, -0.2) is 26.4 Å². The monoisotopic (exact) mass is 394 g/mol. The van der Waals surface area contributed by atoms with Crippen LogP contribution in [0.5, 0.6) is 0 Å². The van der Waals surface area contributed by atoms with Gasteiger partial charge in [-0.2, -0.15) is 0 Å². The van der Waals surface area contributed by atoms with Crippen molar-refractivity contribution in [1.82, 2.24) is 9.55 Å². The molecule has 0 saturated heterocycles. The Morgan fingerprint density at radius 3 is 2.13 bits per heavy atom. The Bertz CT molecular complexity index is 1170. The predicted molar refractivity (Wildman–Crippen MR) is 119 cm³/mol. The van der Waals surface area contributed by atoms with Gasteiger partial charge in [0, 0.05) is 23.2 Å². The quantitative estimate of drug-likeness (QED) is 0.501. The second-order valence-corrected chi connectivity index (χ2v) is 6.95. The topological polar surface area (TPSA) is 58.3 Å². The van der Waals surface area contributed by atoms with Gasteiger partial charge < -0.3 is 14.8 Å². The first-order valence-corrected chi connectivity index (χ1v) is 9.78. The SMILES string of the molecule is OCC#Cc1ccc(-c2c(-c3ccccc3)ncn2Cc2ccc(CO)cc2)cc1. The zero-order chi connectivity index (χ0) is 20.8. The summed E-state index contributed by atoms with van der Waals surface area (Å²) in [6, 6.07) is 26.1. The van der Waals surface area contributed by atoms with Gasteiger partial charge in [-0.1, -0.05) is 78.6 Å². The number of aromatic nitrogens is 2. The molecule has 0 fully saturated rings. The minimum Gasteiger partial charge on any atom is -0.392 e. The van der Waals surface area contributed by atoms with E-state index in [1.54, 1.807) is 0 Å². The molecular formula is C26H22N2O2.